The van der Waals surface area contributed by atoms with Crippen LogP contribution >= 0.6 is 23.1 Å². The number of nitro groups is 1. The molecule has 2 aliphatic rings. The van der Waals surface area contributed by atoms with Gasteiger partial charge in [0.1, 0.15) is 35.9 Å². The first-order chi connectivity index (χ1) is 21.4. The second-order valence-corrected chi connectivity index (χ2v) is 13.2. The molecular weight excluding hydrogens is 620 g/mol. The molecule has 0 aliphatic carbocycles. The van der Waals surface area contributed by atoms with Crippen LogP contribution in [0.4, 0.5) is 16.2 Å². The van der Waals surface area contributed by atoms with Gasteiger partial charge in [0, 0.05) is 33.4 Å². The van der Waals surface area contributed by atoms with E-state index < -0.39 is 52.4 Å². The Morgan fingerprint density at radius 3 is 2.56 bits per heavy atom. The minimum absolute atomic E-state index is 0.0336. The van der Waals surface area contributed by atoms with Crippen LogP contribution in [0, 0.1) is 10.1 Å². The van der Waals surface area contributed by atoms with Crippen molar-refractivity contribution < 1.29 is 33.6 Å². The molecule has 2 aliphatic heterocycles. The largest absolute Gasteiger partial charge is 0.456 e. The van der Waals surface area contributed by atoms with Gasteiger partial charge in [0.25, 0.3) is 11.6 Å². The summed E-state index contributed by atoms with van der Waals surface area (Å²) in [6.45, 7) is 8.40. The number of rotatable bonds is 9. The third-order valence-electron chi connectivity index (χ3n) is 6.94. The van der Waals surface area contributed by atoms with E-state index in [4.69, 9.17) is 9.47 Å². The van der Waals surface area contributed by atoms with Crippen LogP contribution in [0.2, 0.25) is 0 Å². The predicted molar refractivity (Wildman–Crippen MR) is 171 cm³/mol. The molecule has 0 bridgehead atoms. The Balaban J connectivity index is 1.28. The first-order valence-corrected chi connectivity index (χ1v) is 15.8. The van der Waals surface area contributed by atoms with Crippen LogP contribution in [0.15, 0.2) is 77.8 Å². The van der Waals surface area contributed by atoms with E-state index in [1.54, 1.807) is 26.2 Å². The monoisotopic (exact) mass is 650 g/mol. The number of fused-ring (bicyclic) bond motifs is 2. The molecule has 3 heterocycles. The molecule has 45 heavy (non-hydrogen) atoms. The molecule has 14 heteroatoms. The number of hydrogen-bond donors (Lipinski definition) is 1. The summed E-state index contributed by atoms with van der Waals surface area (Å²) in [7, 11) is 0. The fourth-order valence-electron chi connectivity index (χ4n) is 4.82. The molecule has 1 unspecified atom stereocenters. The highest BCUT2D eigenvalue weighted by Gasteiger charge is 2.54. The van der Waals surface area contributed by atoms with Gasteiger partial charge in [0.2, 0.25) is 5.91 Å². The summed E-state index contributed by atoms with van der Waals surface area (Å²) in [4.78, 5) is 66.0. The fraction of sp³-hybridized carbons (Fsp3) is 0.290. The molecule has 234 valence electrons. The van der Waals surface area contributed by atoms with E-state index in [0.29, 0.717) is 22.6 Å². The topological polar surface area (TPSA) is 148 Å². The van der Waals surface area contributed by atoms with Crippen LogP contribution < -0.4 is 10.2 Å². The predicted octanol–water partition coefficient (Wildman–Crippen LogP) is 5.13. The molecule has 3 amide bonds. The second-order valence-electron chi connectivity index (χ2n) is 11.2. The number of benzene rings is 2. The van der Waals surface area contributed by atoms with E-state index in [1.165, 1.54) is 63.2 Å². The Kier molecular flexibility index (Phi) is 8.98. The van der Waals surface area contributed by atoms with Crippen molar-refractivity contribution >= 4 is 68.4 Å². The van der Waals surface area contributed by atoms with Gasteiger partial charge in [-0.25, -0.2) is 9.59 Å². The van der Waals surface area contributed by atoms with Gasteiger partial charge in [-0.15, -0.1) is 23.1 Å². The van der Waals surface area contributed by atoms with Crippen LogP contribution in [0.5, 0.6) is 0 Å². The first-order valence-electron chi connectivity index (χ1n) is 13.8. The van der Waals surface area contributed by atoms with Crippen LogP contribution in [0.1, 0.15) is 26.3 Å². The van der Waals surface area contributed by atoms with E-state index in [1.807, 2.05) is 24.3 Å². The van der Waals surface area contributed by atoms with Gasteiger partial charge in [-0.2, -0.15) is 0 Å². The number of nitrogens with one attached hydrogen (secondary N) is 1. The summed E-state index contributed by atoms with van der Waals surface area (Å²) >= 11 is 2.79. The lowest BCUT2D eigenvalue weighted by Crippen LogP contribution is -2.71. The Morgan fingerprint density at radius 1 is 1.18 bits per heavy atom. The highest BCUT2D eigenvalue weighted by molar-refractivity contribution is 8.00. The summed E-state index contributed by atoms with van der Waals surface area (Å²) in [6.07, 6.45) is 0.779. The number of allylic oxidation sites excluding steroid dienone is 1. The van der Waals surface area contributed by atoms with Crippen molar-refractivity contribution in [3.8, 4) is 0 Å². The molecule has 1 fully saturated rings. The number of β-lactam (4-membered cyclic amide) rings is 1. The van der Waals surface area contributed by atoms with Crippen LogP contribution in [0.25, 0.3) is 10.1 Å². The highest BCUT2D eigenvalue weighted by Crippen LogP contribution is 2.41. The number of thiophene rings is 1. The molecule has 0 saturated carbocycles. The molecule has 12 nitrogen and oxygen atoms in total. The Bertz CT molecular complexity index is 1730. The number of carbonyl (C=O) groups excluding carboxylic acids is 4. The van der Waals surface area contributed by atoms with Crippen molar-refractivity contribution in [2.24, 2.45) is 0 Å². The lowest BCUT2D eigenvalue weighted by molar-refractivity contribution is -0.384. The summed E-state index contributed by atoms with van der Waals surface area (Å²) in [5.41, 5.74) is 0.690. The van der Waals surface area contributed by atoms with E-state index in [0.717, 1.165) is 10.1 Å². The average Bonchev–Trinajstić information content (AvgIpc) is 3.43. The summed E-state index contributed by atoms with van der Waals surface area (Å²) < 4.78 is 12.0. The molecule has 1 aromatic heterocycles. The maximum absolute atomic E-state index is 13.3. The van der Waals surface area contributed by atoms with Crippen LogP contribution in [-0.4, -0.2) is 63.0 Å². The number of nitro benzene ring substituents is 1. The number of hydrogen-bond acceptors (Lipinski definition) is 10. The third kappa shape index (κ3) is 6.71. The van der Waals surface area contributed by atoms with Gasteiger partial charge in [0.05, 0.1) is 10.6 Å². The highest BCUT2D eigenvalue weighted by atomic mass is 32.2. The van der Waals surface area contributed by atoms with E-state index >= 15 is 0 Å². The minimum atomic E-state index is -0.939. The van der Waals surface area contributed by atoms with Gasteiger partial charge in [-0.05, 0) is 50.1 Å². The number of ether oxygens (including phenoxy) is 2. The van der Waals surface area contributed by atoms with Gasteiger partial charge in [-0.1, -0.05) is 30.9 Å². The summed E-state index contributed by atoms with van der Waals surface area (Å²) in [5, 5.41) is 15.6. The first kappa shape index (κ1) is 31.7. The quantitative estimate of drug-likeness (QED) is 0.144. The zero-order valence-corrected chi connectivity index (χ0v) is 26.3. The summed E-state index contributed by atoms with van der Waals surface area (Å²) in [5.74, 6) is -1.49. The second kappa shape index (κ2) is 12.7. The Hall–Kier alpha value is -4.69. The van der Waals surface area contributed by atoms with Gasteiger partial charge in [0.15, 0.2) is 0 Å². The maximum atomic E-state index is 13.3. The molecule has 0 spiro atoms. The van der Waals surface area contributed by atoms with Gasteiger partial charge in [-0.3, -0.25) is 29.5 Å². The molecule has 1 N–H and O–H groups in total. The number of anilines is 1. The fourth-order valence-corrected chi connectivity index (χ4v) is 7.11. The number of esters is 1. The normalized spacial score (nSPS) is 17.7. The average molecular weight is 651 g/mol. The van der Waals surface area contributed by atoms with Crippen molar-refractivity contribution in [2.75, 3.05) is 17.2 Å². The molecule has 2 aromatic carbocycles. The molecular formula is C31H30N4O8S2. The number of amides is 3. The lowest BCUT2D eigenvalue weighted by atomic mass is 10.0. The van der Waals surface area contributed by atoms with Gasteiger partial charge >= 0.3 is 12.1 Å². The van der Waals surface area contributed by atoms with Crippen molar-refractivity contribution in [3.63, 3.8) is 0 Å². The maximum Gasteiger partial charge on any atom is 0.415 e. The van der Waals surface area contributed by atoms with Crippen LogP contribution in [0.3, 0.4) is 0 Å². The Labute approximate surface area is 266 Å². The zero-order chi connectivity index (χ0) is 32.5. The minimum Gasteiger partial charge on any atom is -0.456 e. The Morgan fingerprint density at radius 2 is 1.89 bits per heavy atom. The molecule has 3 aromatic rings. The van der Waals surface area contributed by atoms with Crippen molar-refractivity contribution in [1.29, 1.82) is 0 Å². The summed E-state index contributed by atoms with van der Waals surface area (Å²) in [6, 6.07) is 12.1. The van der Waals surface area contributed by atoms with Crippen molar-refractivity contribution in [1.82, 2.24) is 10.2 Å². The number of carbonyl (C=O) groups is 4. The third-order valence-corrected chi connectivity index (χ3v) is 9.19. The SMILES string of the molecule is C=CC1=C(C(=O)OCc2ccc([N+](=O)[O-])cc2)N2C(=O)C(NC(=O)CN(C(=O)OC(C)(C)C)c3csc4ccccc34)[C@@H]2SC1. The lowest BCUT2D eigenvalue weighted by Gasteiger charge is -2.49. The standard InChI is InChI=1S/C31H30N4O8S2/c1-5-19-16-45-28-25(27(37)34(28)26(19)29(38)42-15-18-10-12-20(13-11-18)35(40)41)32-24(36)14-33(30(39)43-31(2,3)4)22-17-44-23-9-7-6-8-21(22)23/h5-13,17,25,28H,1,14-16H2,2-4H3,(H,32,36)/t25?,28-/m0/s1. The number of nitrogens with zero attached hydrogens (tertiary/aromatic N) is 3. The number of non-ortho nitro benzene ring substituents is 1. The number of thioether (sulfide) groups is 1. The van der Waals surface area contributed by atoms with E-state index in [9.17, 15) is 29.3 Å². The van der Waals surface area contributed by atoms with Crippen LogP contribution in [-0.2, 0) is 30.5 Å². The van der Waals surface area contributed by atoms with Crippen molar-refractivity contribution in [2.45, 2.75) is 44.4 Å². The van der Waals surface area contributed by atoms with E-state index in [-0.39, 0.29) is 18.0 Å². The molecule has 5 rings (SSSR count). The molecule has 2 atom stereocenters. The molecule has 1 saturated heterocycles. The zero-order valence-electron chi connectivity index (χ0n) is 24.7. The van der Waals surface area contributed by atoms with Gasteiger partial charge < -0.3 is 14.8 Å². The van der Waals surface area contributed by atoms with E-state index in [2.05, 4.69) is 11.9 Å². The van der Waals surface area contributed by atoms with Crippen molar-refractivity contribution in [3.05, 3.63) is 93.5 Å². The smallest absolute Gasteiger partial charge is 0.415 e. The molecule has 0 radical (unpaired) electrons.